The number of carbonyl (C=O) groups is 2. The van der Waals surface area contributed by atoms with Crippen molar-refractivity contribution in [2.24, 2.45) is 0 Å². The van der Waals surface area contributed by atoms with Gasteiger partial charge in [0.15, 0.2) is 11.5 Å². The van der Waals surface area contributed by atoms with Crippen molar-refractivity contribution in [3.05, 3.63) is 23.8 Å². The number of carbonyl (C=O) groups excluding carboxylic acids is 2. The maximum absolute atomic E-state index is 12.2. The van der Waals surface area contributed by atoms with Crippen molar-refractivity contribution >= 4 is 11.9 Å². The highest BCUT2D eigenvalue weighted by Crippen LogP contribution is 2.36. The summed E-state index contributed by atoms with van der Waals surface area (Å²) in [5.41, 5.74) is -0.374. The van der Waals surface area contributed by atoms with Gasteiger partial charge in [0.2, 0.25) is 0 Å². The van der Waals surface area contributed by atoms with E-state index < -0.39 is 11.6 Å². The van der Waals surface area contributed by atoms with Crippen LogP contribution in [0.15, 0.2) is 18.2 Å². The summed E-state index contributed by atoms with van der Waals surface area (Å²) >= 11 is 0. The zero-order valence-electron chi connectivity index (χ0n) is 11.4. The Morgan fingerprint density at radius 1 is 1.20 bits per heavy atom. The first kappa shape index (κ1) is 12.8. The smallest absolute Gasteiger partial charge is 0.325 e. The predicted molar refractivity (Wildman–Crippen MR) is 70.7 cm³/mol. The molecule has 3 amide bonds. The fraction of sp³-hybridized carbons (Fsp3) is 0.429. The third kappa shape index (κ3) is 1.79. The number of benzene rings is 1. The summed E-state index contributed by atoms with van der Waals surface area (Å²) < 4.78 is 11.2. The second kappa shape index (κ2) is 4.40. The fourth-order valence-corrected chi connectivity index (χ4v) is 2.45. The van der Waals surface area contributed by atoms with Gasteiger partial charge in [-0.2, -0.15) is 0 Å². The standard InChI is InChI=1S/C14H16N2O4/c1-14(12(17)16(2)13(18)15-14)9-4-5-10-11(8-9)20-7-3-6-19-10/h4-5,8H,3,6-7H2,1-2H3,(H,15,18)/t14-/m0/s1. The molecule has 0 saturated carbocycles. The van der Waals surface area contributed by atoms with Crippen LogP contribution in [0.4, 0.5) is 4.79 Å². The van der Waals surface area contributed by atoms with Gasteiger partial charge in [0.25, 0.3) is 5.91 Å². The maximum Gasteiger partial charge on any atom is 0.325 e. The first-order valence-corrected chi connectivity index (χ1v) is 6.53. The van der Waals surface area contributed by atoms with Crippen LogP contribution >= 0.6 is 0 Å². The number of hydrogen-bond acceptors (Lipinski definition) is 4. The molecule has 0 aliphatic carbocycles. The molecule has 0 bridgehead atoms. The number of likely N-dealkylation sites (N-methyl/N-ethyl adjacent to an activating group) is 1. The fourth-order valence-electron chi connectivity index (χ4n) is 2.45. The second-order valence-electron chi connectivity index (χ2n) is 5.13. The van der Waals surface area contributed by atoms with Gasteiger partial charge in [-0.15, -0.1) is 0 Å². The molecule has 2 heterocycles. The number of fused-ring (bicyclic) bond motifs is 1. The lowest BCUT2D eigenvalue weighted by molar-refractivity contribution is -0.130. The summed E-state index contributed by atoms with van der Waals surface area (Å²) in [7, 11) is 1.46. The number of urea groups is 1. The van der Waals surface area contributed by atoms with Crippen molar-refractivity contribution in [3.8, 4) is 11.5 Å². The lowest BCUT2D eigenvalue weighted by Crippen LogP contribution is -2.40. The van der Waals surface area contributed by atoms with E-state index in [0.717, 1.165) is 11.3 Å². The molecule has 0 radical (unpaired) electrons. The number of hydrogen-bond donors (Lipinski definition) is 1. The summed E-state index contributed by atoms with van der Waals surface area (Å²) in [6.07, 6.45) is 0.819. The molecule has 1 N–H and O–H groups in total. The van der Waals surface area contributed by atoms with Crippen LogP contribution in [0.25, 0.3) is 0 Å². The van der Waals surface area contributed by atoms with Crippen molar-refractivity contribution in [2.45, 2.75) is 18.9 Å². The van der Waals surface area contributed by atoms with Crippen LogP contribution < -0.4 is 14.8 Å². The van der Waals surface area contributed by atoms with Crippen LogP contribution in [0.5, 0.6) is 11.5 Å². The summed E-state index contributed by atoms with van der Waals surface area (Å²) in [5.74, 6) is 0.995. The Labute approximate surface area is 116 Å². The molecule has 6 nitrogen and oxygen atoms in total. The zero-order valence-corrected chi connectivity index (χ0v) is 11.4. The third-order valence-corrected chi connectivity index (χ3v) is 3.72. The average Bonchev–Trinajstić information content (AvgIpc) is 2.65. The monoisotopic (exact) mass is 276 g/mol. The molecule has 0 spiro atoms. The summed E-state index contributed by atoms with van der Waals surface area (Å²) in [4.78, 5) is 25.0. The quantitative estimate of drug-likeness (QED) is 0.784. The molecule has 2 aliphatic rings. The maximum atomic E-state index is 12.2. The van der Waals surface area contributed by atoms with Gasteiger partial charge in [-0.05, 0) is 24.6 Å². The van der Waals surface area contributed by atoms with Crippen LogP contribution in [-0.2, 0) is 10.3 Å². The number of rotatable bonds is 1. The Balaban J connectivity index is 2.01. The van der Waals surface area contributed by atoms with Gasteiger partial charge in [-0.1, -0.05) is 6.07 Å². The van der Waals surface area contributed by atoms with E-state index in [1.54, 1.807) is 25.1 Å². The van der Waals surface area contributed by atoms with Crippen molar-refractivity contribution in [3.63, 3.8) is 0 Å². The van der Waals surface area contributed by atoms with E-state index >= 15 is 0 Å². The molecular formula is C14H16N2O4. The Bertz CT molecular complexity index is 587. The van der Waals surface area contributed by atoms with Gasteiger partial charge in [0, 0.05) is 13.5 Å². The number of amides is 3. The summed E-state index contributed by atoms with van der Waals surface area (Å²) in [6.45, 7) is 2.88. The van der Waals surface area contributed by atoms with Gasteiger partial charge in [-0.25, -0.2) is 4.79 Å². The van der Waals surface area contributed by atoms with Crippen LogP contribution in [-0.4, -0.2) is 37.1 Å². The van der Waals surface area contributed by atoms with Crippen LogP contribution in [0, 0.1) is 0 Å². The average molecular weight is 276 g/mol. The van der Waals surface area contributed by atoms with E-state index in [4.69, 9.17) is 9.47 Å². The van der Waals surface area contributed by atoms with Crippen molar-refractivity contribution < 1.29 is 19.1 Å². The molecule has 2 aliphatic heterocycles. The van der Waals surface area contributed by atoms with E-state index in [2.05, 4.69) is 5.32 Å². The molecule has 1 fully saturated rings. The Hall–Kier alpha value is -2.24. The molecule has 1 atom stereocenters. The molecule has 0 unspecified atom stereocenters. The molecule has 0 aromatic heterocycles. The SMILES string of the molecule is CN1C(=O)N[C@@](C)(c2ccc3c(c2)OCCCO3)C1=O. The largest absolute Gasteiger partial charge is 0.490 e. The first-order valence-electron chi connectivity index (χ1n) is 6.53. The van der Waals surface area contributed by atoms with E-state index in [9.17, 15) is 9.59 Å². The minimum atomic E-state index is -1.06. The molecule has 1 saturated heterocycles. The van der Waals surface area contributed by atoms with Crippen LogP contribution in [0.1, 0.15) is 18.9 Å². The van der Waals surface area contributed by atoms with E-state index in [0.29, 0.717) is 30.3 Å². The molecule has 20 heavy (non-hydrogen) atoms. The molecular weight excluding hydrogens is 260 g/mol. The second-order valence-corrected chi connectivity index (χ2v) is 5.13. The zero-order chi connectivity index (χ0) is 14.3. The predicted octanol–water partition coefficient (Wildman–Crippen LogP) is 1.24. The Kier molecular flexibility index (Phi) is 2.81. The van der Waals surface area contributed by atoms with Gasteiger partial charge < -0.3 is 14.8 Å². The molecule has 1 aromatic rings. The van der Waals surface area contributed by atoms with Crippen LogP contribution in [0.3, 0.4) is 0 Å². The van der Waals surface area contributed by atoms with Gasteiger partial charge >= 0.3 is 6.03 Å². The molecule has 106 valence electrons. The number of imide groups is 1. The van der Waals surface area contributed by atoms with E-state index in [1.807, 2.05) is 0 Å². The lowest BCUT2D eigenvalue weighted by atomic mass is 9.92. The van der Waals surface area contributed by atoms with Gasteiger partial charge in [0.1, 0.15) is 5.54 Å². The molecule has 6 heteroatoms. The molecule has 3 rings (SSSR count). The highest BCUT2D eigenvalue weighted by Gasteiger charge is 2.47. The van der Waals surface area contributed by atoms with Crippen molar-refractivity contribution in [2.75, 3.05) is 20.3 Å². The van der Waals surface area contributed by atoms with Gasteiger partial charge in [0.05, 0.1) is 13.2 Å². The minimum absolute atomic E-state index is 0.281. The number of nitrogens with zero attached hydrogens (tertiary/aromatic N) is 1. The van der Waals surface area contributed by atoms with Crippen molar-refractivity contribution in [1.29, 1.82) is 0 Å². The highest BCUT2D eigenvalue weighted by molar-refractivity contribution is 6.06. The van der Waals surface area contributed by atoms with Gasteiger partial charge in [-0.3, -0.25) is 9.69 Å². The Morgan fingerprint density at radius 3 is 2.55 bits per heavy atom. The van der Waals surface area contributed by atoms with Crippen LogP contribution in [0.2, 0.25) is 0 Å². The number of ether oxygens (including phenoxy) is 2. The topological polar surface area (TPSA) is 67.9 Å². The summed E-state index contributed by atoms with van der Waals surface area (Å²) in [5, 5.41) is 2.71. The molecule has 1 aromatic carbocycles. The highest BCUT2D eigenvalue weighted by atomic mass is 16.5. The first-order chi connectivity index (χ1) is 9.52. The summed E-state index contributed by atoms with van der Waals surface area (Å²) in [6, 6.07) is 4.92. The third-order valence-electron chi connectivity index (χ3n) is 3.72. The van der Waals surface area contributed by atoms with E-state index in [1.165, 1.54) is 7.05 Å². The van der Waals surface area contributed by atoms with E-state index in [-0.39, 0.29) is 5.91 Å². The Morgan fingerprint density at radius 2 is 1.90 bits per heavy atom. The van der Waals surface area contributed by atoms with Crippen molar-refractivity contribution in [1.82, 2.24) is 10.2 Å². The minimum Gasteiger partial charge on any atom is -0.490 e. The number of nitrogens with one attached hydrogen (secondary N) is 1. The normalized spacial score (nSPS) is 25.4. The lowest BCUT2D eigenvalue weighted by Gasteiger charge is -2.22.